The minimum atomic E-state index is -3.66. The van der Waals surface area contributed by atoms with Gasteiger partial charge in [0, 0.05) is 16.6 Å². The summed E-state index contributed by atoms with van der Waals surface area (Å²) in [6.07, 6.45) is 4.63. The first-order valence-corrected chi connectivity index (χ1v) is 10.0. The Kier molecular flexibility index (Phi) is 5.67. The van der Waals surface area contributed by atoms with Crippen molar-refractivity contribution in [1.82, 2.24) is 4.72 Å². The average Bonchev–Trinajstić information content (AvgIpc) is 3.32. The van der Waals surface area contributed by atoms with Gasteiger partial charge < -0.3 is 9.73 Å². The van der Waals surface area contributed by atoms with Crippen molar-refractivity contribution in [2.45, 2.75) is 11.4 Å². The number of furan rings is 1. The van der Waals surface area contributed by atoms with Gasteiger partial charge in [-0.25, -0.2) is 13.1 Å². The van der Waals surface area contributed by atoms with Gasteiger partial charge in [0.05, 0.1) is 17.7 Å². The summed E-state index contributed by atoms with van der Waals surface area (Å²) in [4.78, 5) is 13.0. The van der Waals surface area contributed by atoms with E-state index in [2.05, 4.69) is 10.0 Å². The lowest BCUT2D eigenvalue weighted by molar-refractivity contribution is -0.111. The predicted molar refractivity (Wildman–Crippen MR) is 101 cm³/mol. The fourth-order valence-electron chi connectivity index (χ4n) is 2.11. The van der Waals surface area contributed by atoms with Gasteiger partial charge in [0.15, 0.2) is 0 Å². The van der Waals surface area contributed by atoms with E-state index in [1.807, 2.05) is 17.5 Å². The lowest BCUT2D eigenvalue weighted by Gasteiger charge is -2.07. The summed E-state index contributed by atoms with van der Waals surface area (Å²) in [6, 6.07) is 13.1. The van der Waals surface area contributed by atoms with Crippen LogP contribution in [0.25, 0.3) is 6.08 Å². The van der Waals surface area contributed by atoms with E-state index in [-0.39, 0.29) is 17.3 Å². The molecule has 0 fully saturated rings. The SMILES string of the molecule is O=C(/C=C/c1cccs1)Nc1ccc(S(=O)(=O)NCc2ccco2)cc1. The van der Waals surface area contributed by atoms with Gasteiger partial charge in [0.25, 0.3) is 0 Å². The maximum atomic E-state index is 12.2. The van der Waals surface area contributed by atoms with E-state index in [1.165, 1.54) is 35.8 Å². The van der Waals surface area contributed by atoms with Crippen LogP contribution in [0.5, 0.6) is 0 Å². The lowest BCUT2D eigenvalue weighted by atomic mass is 10.3. The molecule has 0 aliphatic heterocycles. The number of sulfonamides is 1. The molecule has 0 spiro atoms. The fraction of sp³-hybridized carbons (Fsp3) is 0.0556. The van der Waals surface area contributed by atoms with E-state index < -0.39 is 10.0 Å². The number of nitrogens with one attached hydrogen (secondary N) is 2. The molecular weight excluding hydrogens is 372 g/mol. The van der Waals surface area contributed by atoms with Crippen LogP contribution in [0.15, 0.2) is 75.6 Å². The molecule has 0 saturated heterocycles. The van der Waals surface area contributed by atoms with Crippen molar-refractivity contribution in [3.8, 4) is 0 Å². The van der Waals surface area contributed by atoms with Gasteiger partial charge >= 0.3 is 0 Å². The molecule has 0 saturated carbocycles. The summed E-state index contributed by atoms with van der Waals surface area (Å²) >= 11 is 1.53. The van der Waals surface area contributed by atoms with E-state index in [9.17, 15) is 13.2 Å². The van der Waals surface area contributed by atoms with Gasteiger partial charge in [-0.05, 0) is 53.9 Å². The molecule has 1 amide bonds. The molecule has 6 nitrogen and oxygen atoms in total. The molecule has 26 heavy (non-hydrogen) atoms. The van der Waals surface area contributed by atoms with Gasteiger partial charge in [-0.3, -0.25) is 4.79 Å². The first-order chi connectivity index (χ1) is 12.5. The van der Waals surface area contributed by atoms with Crippen LogP contribution in [0, 0.1) is 0 Å². The predicted octanol–water partition coefficient (Wildman–Crippen LogP) is 3.47. The Balaban J connectivity index is 1.59. The largest absolute Gasteiger partial charge is 0.468 e. The molecular formula is C18H16N2O4S2. The van der Waals surface area contributed by atoms with Crippen molar-refractivity contribution in [3.05, 3.63) is 76.9 Å². The van der Waals surface area contributed by atoms with E-state index in [0.29, 0.717) is 11.4 Å². The van der Waals surface area contributed by atoms with E-state index in [4.69, 9.17) is 4.42 Å². The zero-order valence-corrected chi connectivity index (χ0v) is 15.2. The third-order valence-electron chi connectivity index (χ3n) is 3.39. The van der Waals surface area contributed by atoms with Crippen LogP contribution in [-0.2, 0) is 21.4 Å². The molecule has 1 aromatic carbocycles. The molecule has 3 aromatic rings. The van der Waals surface area contributed by atoms with Crippen LogP contribution in [0.2, 0.25) is 0 Å². The van der Waals surface area contributed by atoms with Crippen molar-refractivity contribution in [1.29, 1.82) is 0 Å². The minimum Gasteiger partial charge on any atom is -0.468 e. The minimum absolute atomic E-state index is 0.0708. The summed E-state index contributed by atoms with van der Waals surface area (Å²) in [5.41, 5.74) is 0.510. The lowest BCUT2D eigenvalue weighted by Crippen LogP contribution is -2.23. The van der Waals surface area contributed by atoms with Crippen LogP contribution in [0.4, 0.5) is 5.69 Å². The van der Waals surface area contributed by atoms with Crippen molar-refractivity contribution >= 4 is 39.0 Å². The maximum Gasteiger partial charge on any atom is 0.248 e. The molecule has 0 radical (unpaired) electrons. The van der Waals surface area contributed by atoms with Gasteiger partial charge in [-0.1, -0.05) is 6.07 Å². The standard InChI is InChI=1S/C18H16N2O4S2/c21-18(10-7-16-4-2-12-25-16)20-14-5-8-17(9-6-14)26(22,23)19-13-15-3-1-11-24-15/h1-12,19H,13H2,(H,20,21)/b10-7+. The first kappa shape index (κ1) is 18.1. The Morgan fingerprint density at radius 3 is 2.58 bits per heavy atom. The summed E-state index contributed by atoms with van der Waals surface area (Å²) in [5.74, 6) is 0.236. The molecule has 2 aromatic heterocycles. The second kappa shape index (κ2) is 8.13. The van der Waals surface area contributed by atoms with Gasteiger partial charge in [0.1, 0.15) is 5.76 Å². The summed E-state index contributed by atoms with van der Waals surface area (Å²) < 4.78 is 32.0. The van der Waals surface area contributed by atoms with E-state index >= 15 is 0 Å². The van der Waals surface area contributed by atoms with Crippen LogP contribution in [0.3, 0.4) is 0 Å². The van der Waals surface area contributed by atoms with Gasteiger partial charge in [0.2, 0.25) is 15.9 Å². The third kappa shape index (κ3) is 4.92. The van der Waals surface area contributed by atoms with Crippen LogP contribution in [-0.4, -0.2) is 14.3 Å². The third-order valence-corrected chi connectivity index (χ3v) is 5.65. The molecule has 0 aliphatic rings. The first-order valence-electron chi connectivity index (χ1n) is 7.68. The second-order valence-electron chi connectivity index (χ2n) is 5.27. The highest BCUT2D eigenvalue weighted by Crippen LogP contribution is 2.15. The second-order valence-corrected chi connectivity index (χ2v) is 8.01. The Morgan fingerprint density at radius 2 is 1.92 bits per heavy atom. The zero-order valence-electron chi connectivity index (χ0n) is 13.6. The molecule has 0 bridgehead atoms. The highest BCUT2D eigenvalue weighted by Gasteiger charge is 2.14. The van der Waals surface area contributed by atoms with Crippen LogP contribution < -0.4 is 10.0 Å². The average molecular weight is 388 g/mol. The topological polar surface area (TPSA) is 88.4 Å². The number of hydrogen-bond donors (Lipinski definition) is 2. The van der Waals surface area contributed by atoms with E-state index in [0.717, 1.165) is 4.88 Å². The zero-order chi connectivity index (χ0) is 18.4. The van der Waals surface area contributed by atoms with Crippen LogP contribution >= 0.6 is 11.3 Å². The van der Waals surface area contributed by atoms with E-state index in [1.54, 1.807) is 30.3 Å². The molecule has 3 rings (SSSR count). The Labute approximate surface area is 155 Å². The Morgan fingerprint density at radius 1 is 1.12 bits per heavy atom. The summed E-state index contributed by atoms with van der Waals surface area (Å²) in [5, 5.41) is 4.61. The smallest absolute Gasteiger partial charge is 0.248 e. The Hall–Kier alpha value is -2.68. The number of hydrogen-bond acceptors (Lipinski definition) is 5. The Bertz CT molecular complexity index is 975. The molecule has 8 heteroatoms. The number of amides is 1. The van der Waals surface area contributed by atoms with Crippen molar-refractivity contribution in [2.75, 3.05) is 5.32 Å². The number of anilines is 1. The number of carbonyl (C=O) groups excluding carboxylic acids is 1. The van der Waals surface area contributed by atoms with Crippen molar-refractivity contribution in [2.24, 2.45) is 0 Å². The van der Waals surface area contributed by atoms with Gasteiger partial charge in [-0.15, -0.1) is 11.3 Å². The van der Waals surface area contributed by atoms with Gasteiger partial charge in [-0.2, -0.15) is 0 Å². The summed E-state index contributed by atoms with van der Waals surface area (Å²) in [6.45, 7) is 0.0708. The normalized spacial score (nSPS) is 11.7. The molecule has 0 unspecified atom stereocenters. The van der Waals surface area contributed by atoms with Crippen LogP contribution in [0.1, 0.15) is 10.6 Å². The van der Waals surface area contributed by atoms with Crippen molar-refractivity contribution < 1.29 is 17.6 Å². The molecule has 2 N–H and O–H groups in total. The monoisotopic (exact) mass is 388 g/mol. The molecule has 0 atom stereocenters. The quantitative estimate of drug-likeness (QED) is 0.607. The fourth-order valence-corrected chi connectivity index (χ4v) is 3.72. The number of carbonyl (C=O) groups is 1. The number of benzene rings is 1. The molecule has 134 valence electrons. The summed E-state index contributed by atoms with van der Waals surface area (Å²) in [7, 11) is -3.66. The van der Waals surface area contributed by atoms with Crippen molar-refractivity contribution in [3.63, 3.8) is 0 Å². The number of rotatable bonds is 7. The number of thiophene rings is 1. The molecule has 0 aliphatic carbocycles. The molecule has 2 heterocycles. The highest BCUT2D eigenvalue weighted by molar-refractivity contribution is 7.89. The highest BCUT2D eigenvalue weighted by atomic mass is 32.2. The maximum absolute atomic E-state index is 12.2.